The lowest BCUT2D eigenvalue weighted by Crippen LogP contribution is -2.47. The molecule has 162 valence electrons. The molecule has 0 radical (unpaired) electrons. The Bertz CT molecular complexity index is 996. The van der Waals surface area contributed by atoms with E-state index in [1.165, 1.54) is 12.0 Å². The van der Waals surface area contributed by atoms with E-state index in [0.717, 1.165) is 5.56 Å². The zero-order valence-electron chi connectivity index (χ0n) is 18.0. The van der Waals surface area contributed by atoms with E-state index in [1.54, 1.807) is 45.0 Å². The number of hydrogen-bond donors (Lipinski definition) is 1. The number of rotatable bonds is 6. The number of carbonyl (C=O) groups is 3. The average Bonchev–Trinajstić information content (AvgIpc) is 2.76. The SMILES string of the molecule is COC(=O)c1ccc(C2NC(=O)N(Cc3ccccc3)C(C)=C2C(=O)OC(C)C)cc1. The van der Waals surface area contributed by atoms with Crippen molar-refractivity contribution in [3.63, 3.8) is 0 Å². The molecule has 7 heteroatoms. The fraction of sp³-hybridized carbons (Fsp3) is 0.292. The smallest absolute Gasteiger partial charge is 0.338 e. The number of allylic oxidation sites excluding steroid dienone is 1. The molecule has 0 aromatic heterocycles. The predicted molar refractivity (Wildman–Crippen MR) is 115 cm³/mol. The minimum absolute atomic E-state index is 0.310. The molecule has 0 aliphatic carbocycles. The third-order valence-electron chi connectivity index (χ3n) is 5.01. The Morgan fingerprint density at radius 2 is 1.68 bits per heavy atom. The Balaban J connectivity index is 2.01. The number of urea groups is 1. The van der Waals surface area contributed by atoms with Crippen molar-refractivity contribution in [1.82, 2.24) is 10.2 Å². The molecule has 7 nitrogen and oxygen atoms in total. The van der Waals surface area contributed by atoms with Crippen LogP contribution in [0.2, 0.25) is 0 Å². The molecule has 1 unspecified atom stereocenters. The Morgan fingerprint density at radius 1 is 1.03 bits per heavy atom. The Labute approximate surface area is 181 Å². The summed E-state index contributed by atoms with van der Waals surface area (Å²) in [6.45, 7) is 5.62. The Kier molecular flexibility index (Phi) is 6.74. The van der Waals surface area contributed by atoms with Gasteiger partial charge in [0.2, 0.25) is 0 Å². The van der Waals surface area contributed by atoms with Gasteiger partial charge in [0, 0.05) is 5.70 Å². The highest BCUT2D eigenvalue weighted by Crippen LogP contribution is 2.32. The van der Waals surface area contributed by atoms with Gasteiger partial charge >= 0.3 is 18.0 Å². The molecule has 1 atom stereocenters. The van der Waals surface area contributed by atoms with Crippen molar-refractivity contribution in [2.75, 3.05) is 7.11 Å². The Morgan fingerprint density at radius 3 is 2.26 bits per heavy atom. The molecule has 1 N–H and O–H groups in total. The highest BCUT2D eigenvalue weighted by atomic mass is 16.5. The number of ether oxygens (including phenoxy) is 2. The third kappa shape index (κ3) is 4.94. The van der Waals surface area contributed by atoms with E-state index in [-0.39, 0.29) is 12.1 Å². The second-order valence-electron chi connectivity index (χ2n) is 7.52. The van der Waals surface area contributed by atoms with E-state index in [2.05, 4.69) is 5.32 Å². The van der Waals surface area contributed by atoms with Crippen molar-refractivity contribution in [3.8, 4) is 0 Å². The molecule has 0 bridgehead atoms. The van der Waals surface area contributed by atoms with Crippen LogP contribution in [0.25, 0.3) is 0 Å². The number of amides is 2. The molecule has 0 fully saturated rings. The zero-order chi connectivity index (χ0) is 22.5. The van der Waals surface area contributed by atoms with Crippen LogP contribution in [-0.4, -0.2) is 36.1 Å². The summed E-state index contributed by atoms with van der Waals surface area (Å²) in [7, 11) is 1.31. The van der Waals surface area contributed by atoms with Gasteiger partial charge in [-0.25, -0.2) is 14.4 Å². The summed E-state index contributed by atoms with van der Waals surface area (Å²) in [5.41, 5.74) is 2.87. The fourth-order valence-corrected chi connectivity index (χ4v) is 3.46. The molecule has 0 spiro atoms. The highest BCUT2D eigenvalue weighted by Gasteiger charge is 2.36. The molecule has 0 saturated carbocycles. The van der Waals surface area contributed by atoms with E-state index in [4.69, 9.17) is 9.47 Å². The second kappa shape index (κ2) is 9.47. The van der Waals surface area contributed by atoms with Crippen molar-refractivity contribution in [2.45, 2.75) is 39.5 Å². The van der Waals surface area contributed by atoms with Gasteiger partial charge in [0.25, 0.3) is 0 Å². The van der Waals surface area contributed by atoms with Crippen LogP contribution >= 0.6 is 0 Å². The quantitative estimate of drug-likeness (QED) is 0.712. The first-order valence-corrected chi connectivity index (χ1v) is 10.0. The van der Waals surface area contributed by atoms with Crippen molar-refractivity contribution in [1.29, 1.82) is 0 Å². The topological polar surface area (TPSA) is 84.9 Å². The highest BCUT2D eigenvalue weighted by molar-refractivity contribution is 5.95. The standard InChI is InChI=1S/C24H26N2O5/c1-15(2)31-23(28)20-16(3)26(14-17-8-6-5-7-9-17)24(29)25-21(20)18-10-12-19(13-11-18)22(27)30-4/h5-13,15,21H,14H2,1-4H3,(H,25,29). The molecule has 1 aliphatic heterocycles. The first-order chi connectivity index (χ1) is 14.8. The maximum absolute atomic E-state index is 13.0. The third-order valence-corrected chi connectivity index (χ3v) is 5.01. The van der Waals surface area contributed by atoms with Gasteiger partial charge in [-0.2, -0.15) is 0 Å². The van der Waals surface area contributed by atoms with Gasteiger partial charge in [-0.05, 0) is 44.0 Å². The van der Waals surface area contributed by atoms with E-state index >= 15 is 0 Å². The van der Waals surface area contributed by atoms with E-state index < -0.39 is 18.0 Å². The minimum Gasteiger partial charge on any atom is -0.465 e. The summed E-state index contributed by atoms with van der Waals surface area (Å²) in [5, 5.41) is 2.91. The normalized spacial score (nSPS) is 16.2. The van der Waals surface area contributed by atoms with Gasteiger partial charge in [0.15, 0.2) is 0 Å². The van der Waals surface area contributed by atoms with Gasteiger partial charge in [-0.15, -0.1) is 0 Å². The summed E-state index contributed by atoms with van der Waals surface area (Å²) >= 11 is 0. The maximum atomic E-state index is 13.0. The second-order valence-corrected chi connectivity index (χ2v) is 7.52. The van der Waals surface area contributed by atoms with Crippen molar-refractivity contribution < 1.29 is 23.9 Å². The van der Waals surface area contributed by atoms with Crippen LogP contribution in [0.3, 0.4) is 0 Å². The van der Waals surface area contributed by atoms with Crippen LogP contribution in [-0.2, 0) is 20.8 Å². The van der Waals surface area contributed by atoms with Crippen LogP contribution in [0, 0.1) is 0 Å². The zero-order valence-corrected chi connectivity index (χ0v) is 18.0. The summed E-state index contributed by atoms with van der Waals surface area (Å²) < 4.78 is 10.2. The molecule has 2 aromatic carbocycles. The molecular weight excluding hydrogens is 396 g/mol. The fourth-order valence-electron chi connectivity index (χ4n) is 3.46. The number of nitrogens with zero attached hydrogens (tertiary/aromatic N) is 1. The first kappa shape index (κ1) is 22.1. The molecule has 1 heterocycles. The van der Waals surface area contributed by atoms with E-state index in [1.807, 2.05) is 30.3 Å². The molecule has 0 saturated heterocycles. The van der Waals surface area contributed by atoms with E-state index in [9.17, 15) is 14.4 Å². The average molecular weight is 422 g/mol. The molecule has 3 rings (SSSR count). The molecule has 1 aliphatic rings. The number of nitrogens with one attached hydrogen (secondary N) is 1. The lowest BCUT2D eigenvalue weighted by molar-refractivity contribution is -0.143. The van der Waals surface area contributed by atoms with Crippen LogP contribution in [0.4, 0.5) is 4.79 Å². The summed E-state index contributed by atoms with van der Waals surface area (Å²) in [5.74, 6) is -0.952. The van der Waals surface area contributed by atoms with Crippen molar-refractivity contribution in [3.05, 3.63) is 82.6 Å². The first-order valence-electron chi connectivity index (χ1n) is 10.0. The summed E-state index contributed by atoms with van der Waals surface area (Å²) in [6.07, 6.45) is -0.310. The lowest BCUT2D eigenvalue weighted by atomic mass is 9.94. The van der Waals surface area contributed by atoms with Crippen molar-refractivity contribution >= 4 is 18.0 Å². The van der Waals surface area contributed by atoms with Crippen LogP contribution in [0.1, 0.15) is 48.3 Å². The Hall–Kier alpha value is -3.61. The predicted octanol–water partition coefficient (Wildman–Crippen LogP) is 3.97. The van der Waals surface area contributed by atoms with Crippen LogP contribution in [0.15, 0.2) is 65.9 Å². The molecule has 2 amide bonds. The largest absolute Gasteiger partial charge is 0.465 e. The van der Waals surface area contributed by atoms with Crippen LogP contribution < -0.4 is 5.32 Å². The number of methoxy groups -OCH3 is 1. The van der Waals surface area contributed by atoms with Gasteiger partial charge in [-0.3, -0.25) is 4.90 Å². The van der Waals surface area contributed by atoms with Crippen molar-refractivity contribution in [2.24, 2.45) is 0 Å². The monoisotopic (exact) mass is 422 g/mol. The van der Waals surface area contributed by atoms with Gasteiger partial charge in [-0.1, -0.05) is 42.5 Å². The summed E-state index contributed by atoms with van der Waals surface area (Å²) in [6, 6.07) is 15.1. The van der Waals surface area contributed by atoms with Gasteiger partial charge in [0.05, 0.1) is 36.9 Å². The molecule has 31 heavy (non-hydrogen) atoms. The number of carbonyl (C=O) groups excluding carboxylic acids is 3. The molecule has 2 aromatic rings. The van der Waals surface area contributed by atoms with Gasteiger partial charge in [0.1, 0.15) is 0 Å². The lowest BCUT2D eigenvalue weighted by Gasteiger charge is -2.35. The molecular formula is C24H26N2O5. The summed E-state index contributed by atoms with van der Waals surface area (Å²) in [4.78, 5) is 39.2. The number of hydrogen-bond acceptors (Lipinski definition) is 5. The van der Waals surface area contributed by atoms with Crippen LogP contribution in [0.5, 0.6) is 0 Å². The number of benzene rings is 2. The number of esters is 2. The minimum atomic E-state index is -0.697. The van der Waals surface area contributed by atoms with E-state index in [0.29, 0.717) is 28.9 Å². The van der Waals surface area contributed by atoms with Gasteiger partial charge < -0.3 is 14.8 Å². The maximum Gasteiger partial charge on any atom is 0.338 e.